The van der Waals surface area contributed by atoms with Gasteiger partial charge in [0.05, 0.1) is 29.5 Å². The fourth-order valence-corrected chi connectivity index (χ4v) is 8.27. The zero-order valence-corrected chi connectivity index (χ0v) is 30.0. The number of nitriles is 1. The first-order chi connectivity index (χ1) is 26.1. The van der Waals surface area contributed by atoms with E-state index in [2.05, 4.69) is 31.1 Å². The van der Waals surface area contributed by atoms with Crippen molar-refractivity contribution in [1.82, 2.24) is 34.9 Å². The molecule has 0 aliphatic carbocycles. The van der Waals surface area contributed by atoms with E-state index in [-0.39, 0.29) is 61.6 Å². The Morgan fingerprint density at radius 2 is 2.02 bits per heavy atom. The van der Waals surface area contributed by atoms with Crippen LogP contribution in [-0.2, 0) is 4.79 Å². The summed E-state index contributed by atoms with van der Waals surface area (Å²) in [6, 6.07) is 12.4. The van der Waals surface area contributed by atoms with Gasteiger partial charge >= 0.3 is 6.01 Å². The molecule has 0 spiro atoms. The van der Waals surface area contributed by atoms with Gasteiger partial charge in [-0.15, -0.1) is 0 Å². The molecule has 0 saturated carbocycles. The third-order valence-corrected chi connectivity index (χ3v) is 10.9. The van der Waals surface area contributed by atoms with Gasteiger partial charge in [0.25, 0.3) is 5.89 Å². The second-order valence-electron chi connectivity index (χ2n) is 14.0. The van der Waals surface area contributed by atoms with Gasteiger partial charge in [-0.3, -0.25) is 14.7 Å². The molecular formula is C38H35ClF3N9O3. The predicted octanol–water partition coefficient (Wildman–Crippen LogP) is 6.65. The minimum absolute atomic E-state index is 0.00607. The lowest BCUT2D eigenvalue weighted by Gasteiger charge is -2.41. The van der Waals surface area contributed by atoms with Crippen LogP contribution < -0.4 is 9.64 Å². The van der Waals surface area contributed by atoms with Crippen LogP contribution in [0.2, 0.25) is 5.02 Å². The number of rotatable bonds is 9. The molecule has 16 heteroatoms. The Morgan fingerprint density at radius 1 is 1.19 bits per heavy atom. The number of pyridine rings is 1. The maximum Gasteiger partial charge on any atom is 0.319 e. The molecule has 1 amide bonds. The third-order valence-electron chi connectivity index (χ3n) is 10.6. The largest absolute Gasteiger partial charge is 0.461 e. The Hall–Kier alpha value is -5.33. The summed E-state index contributed by atoms with van der Waals surface area (Å²) in [6.07, 6.45) is 3.67. The van der Waals surface area contributed by atoms with E-state index in [1.165, 1.54) is 25.3 Å². The van der Waals surface area contributed by atoms with Gasteiger partial charge in [-0.2, -0.15) is 20.2 Å². The number of piperazine rings is 1. The molecule has 3 fully saturated rings. The summed E-state index contributed by atoms with van der Waals surface area (Å²) in [5.74, 6) is -0.944. The maximum atomic E-state index is 16.9. The number of nitrogens with zero attached hydrogens (tertiary/aromatic N) is 9. The SMILES string of the molecule is C[C@@H](F)c1noc(/C=C/C(=O)N2CCN(c3nc(OC[C@@]45CCCN4C[C@H](F)C5)nc4c(F)c(-c5cccc6cccc(Cl)c56)ncc34)C[C@@H]2CC#N)n1. The number of amides is 1. The molecule has 0 N–H and O–H groups in total. The number of anilines is 1. The van der Waals surface area contributed by atoms with Crippen molar-refractivity contribution in [1.29, 1.82) is 5.26 Å². The fourth-order valence-electron chi connectivity index (χ4n) is 7.99. The van der Waals surface area contributed by atoms with Gasteiger partial charge in [-0.25, -0.2) is 13.2 Å². The molecule has 3 aromatic heterocycles. The van der Waals surface area contributed by atoms with Crippen LogP contribution in [0.1, 0.15) is 50.5 Å². The number of alkyl halides is 2. The van der Waals surface area contributed by atoms with Crippen LogP contribution in [0.3, 0.4) is 0 Å². The minimum atomic E-state index is -1.43. The molecule has 6 heterocycles. The van der Waals surface area contributed by atoms with Crippen molar-refractivity contribution in [3.8, 4) is 23.3 Å². The van der Waals surface area contributed by atoms with Crippen molar-refractivity contribution in [3.05, 3.63) is 71.2 Å². The first-order valence-corrected chi connectivity index (χ1v) is 18.2. The average molecular weight is 758 g/mol. The zero-order chi connectivity index (χ0) is 37.6. The Kier molecular flexibility index (Phi) is 9.57. The van der Waals surface area contributed by atoms with Crippen molar-refractivity contribution in [2.75, 3.05) is 44.2 Å². The molecule has 0 radical (unpaired) electrons. The van der Waals surface area contributed by atoms with Crippen molar-refractivity contribution >= 4 is 51.1 Å². The van der Waals surface area contributed by atoms with E-state index >= 15 is 4.39 Å². The number of aromatic nitrogens is 5. The van der Waals surface area contributed by atoms with E-state index in [9.17, 15) is 18.8 Å². The second-order valence-corrected chi connectivity index (χ2v) is 14.4. The van der Waals surface area contributed by atoms with Crippen LogP contribution in [0.4, 0.5) is 19.0 Å². The molecule has 8 rings (SSSR count). The van der Waals surface area contributed by atoms with Gasteiger partial charge in [-0.05, 0) is 37.8 Å². The summed E-state index contributed by atoms with van der Waals surface area (Å²) < 4.78 is 56.3. The highest BCUT2D eigenvalue weighted by atomic mass is 35.5. The highest BCUT2D eigenvalue weighted by Gasteiger charge is 2.49. The van der Waals surface area contributed by atoms with Crippen molar-refractivity contribution in [2.24, 2.45) is 0 Å². The Morgan fingerprint density at radius 3 is 2.81 bits per heavy atom. The molecule has 0 bridgehead atoms. The van der Waals surface area contributed by atoms with Crippen LogP contribution in [0, 0.1) is 17.1 Å². The average Bonchev–Trinajstić information content (AvgIpc) is 3.88. The summed E-state index contributed by atoms with van der Waals surface area (Å²) >= 11 is 6.62. The van der Waals surface area contributed by atoms with Crippen LogP contribution in [0.15, 0.2) is 53.2 Å². The van der Waals surface area contributed by atoms with E-state index in [4.69, 9.17) is 25.8 Å². The number of carbonyl (C=O) groups is 1. The summed E-state index contributed by atoms with van der Waals surface area (Å²) in [4.78, 5) is 36.8. The number of fused-ring (bicyclic) bond motifs is 3. The molecule has 0 unspecified atom stereocenters. The summed E-state index contributed by atoms with van der Waals surface area (Å²) in [5.41, 5.74) is 0.0154. The second kappa shape index (κ2) is 14.5. The topological polar surface area (TPSA) is 137 Å². The van der Waals surface area contributed by atoms with Gasteiger partial charge in [0.15, 0.2) is 12.0 Å². The molecule has 5 aromatic rings. The predicted molar refractivity (Wildman–Crippen MR) is 195 cm³/mol. The Balaban J connectivity index is 1.15. The number of hydrogen-bond acceptors (Lipinski definition) is 11. The van der Waals surface area contributed by atoms with Crippen LogP contribution in [-0.4, -0.2) is 97.9 Å². The van der Waals surface area contributed by atoms with Crippen LogP contribution in [0.25, 0.3) is 39.0 Å². The van der Waals surface area contributed by atoms with Gasteiger partial charge < -0.3 is 19.1 Å². The first kappa shape index (κ1) is 35.7. The molecule has 12 nitrogen and oxygen atoms in total. The van der Waals surface area contributed by atoms with Crippen molar-refractivity contribution in [3.63, 3.8) is 0 Å². The van der Waals surface area contributed by atoms with Crippen molar-refractivity contribution < 1.29 is 27.2 Å². The molecule has 2 aromatic carbocycles. The lowest BCUT2D eigenvalue weighted by molar-refractivity contribution is -0.128. The lowest BCUT2D eigenvalue weighted by Crippen LogP contribution is -2.55. The number of carbonyl (C=O) groups excluding carboxylic acids is 1. The van der Waals surface area contributed by atoms with E-state index < -0.39 is 35.6 Å². The van der Waals surface area contributed by atoms with Crippen molar-refractivity contribution in [2.45, 2.75) is 56.5 Å². The standard InChI is InChI=1S/C38H35ClF3N9O3/c1-22(40)35-45-29(54-48-35)9-10-30(52)51-16-15-49(20-25(51)11-13-43)36-27-18-44-33(26-7-2-5-23-6-3-8-28(39)31(23)26)32(42)34(27)46-37(47-36)53-21-38-12-4-14-50(38)19-24(41)17-38/h2-3,5-10,18,22,24-25H,4,11-12,14-17,19-21H2,1H3/b10-9+/t22-,24-,25+,38+/m1/s1. The van der Waals surface area contributed by atoms with E-state index in [1.807, 2.05) is 23.1 Å². The zero-order valence-electron chi connectivity index (χ0n) is 29.3. The summed E-state index contributed by atoms with van der Waals surface area (Å²) in [7, 11) is 0. The number of ether oxygens (including phenoxy) is 1. The normalized spacial score (nSPS) is 22.3. The molecular weight excluding hydrogens is 723 g/mol. The van der Waals surface area contributed by atoms with Crippen LogP contribution in [0.5, 0.6) is 6.01 Å². The molecule has 3 aliphatic rings. The first-order valence-electron chi connectivity index (χ1n) is 17.8. The van der Waals surface area contributed by atoms with Crippen LogP contribution >= 0.6 is 11.6 Å². The minimum Gasteiger partial charge on any atom is -0.461 e. The number of benzene rings is 2. The molecule has 3 aliphatic heterocycles. The Labute approximate surface area is 313 Å². The number of halogens is 4. The smallest absolute Gasteiger partial charge is 0.319 e. The quantitative estimate of drug-likeness (QED) is 0.150. The molecule has 278 valence electrons. The summed E-state index contributed by atoms with van der Waals surface area (Å²) in [6.45, 7) is 3.15. The molecule has 54 heavy (non-hydrogen) atoms. The van der Waals surface area contributed by atoms with Gasteiger partial charge in [0.2, 0.25) is 11.7 Å². The maximum absolute atomic E-state index is 16.9. The van der Waals surface area contributed by atoms with E-state index in [0.717, 1.165) is 24.8 Å². The highest BCUT2D eigenvalue weighted by Crippen LogP contribution is 2.41. The number of hydrogen-bond donors (Lipinski definition) is 0. The van der Waals surface area contributed by atoms with E-state index in [0.29, 0.717) is 40.1 Å². The lowest BCUT2D eigenvalue weighted by atomic mass is 9.95. The third kappa shape index (κ3) is 6.58. The van der Waals surface area contributed by atoms with Gasteiger partial charge in [-0.1, -0.05) is 47.1 Å². The highest BCUT2D eigenvalue weighted by molar-refractivity contribution is 6.36. The Bertz CT molecular complexity index is 2310. The van der Waals surface area contributed by atoms with Gasteiger partial charge in [0, 0.05) is 66.9 Å². The molecule has 3 saturated heterocycles. The molecule has 4 atom stereocenters. The summed E-state index contributed by atoms with van der Waals surface area (Å²) in [5, 5.41) is 15.5. The fraction of sp³-hybridized carbons (Fsp3) is 0.395. The van der Waals surface area contributed by atoms with E-state index in [1.54, 1.807) is 23.1 Å². The monoisotopic (exact) mass is 757 g/mol. The van der Waals surface area contributed by atoms with Gasteiger partial charge in [0.1, 0.15) is 29.8 Å².